The summed E-state index contributed by atoms with van der Waals surface area (Å²) < 4.78 is 0. The van der Waals surface area contributed by atoms with Gasteiger partial charge in [-0.25, -0.2) is 0 Å². The van der Waals surface area contributed by atoms with Gasteiger partial charge in [-0.1, -0.05) is 30.0 Å². The molecule has 0 aliphatic rings. The molecule has 0 saturated carbocycles. The van der Waals surface area contributed by atoms with E-state index in [2.05, 4.69) is 60.9 Å². The fourth-order valence-corrected chi connectivity index (χ4v) is 3.81. The largest absolute Gasteiger partial charge is 0.353 e. The molecule has 144 valence electrons. The van der Waals surface area contributed by atoms with Crippen molar-refractivity contribution in [1.82, 2.24) is 10.2 Å². The third kappa shape index (κ3) is 8.24. The summed E-state index contributed by atoms with van der Waals surface area (Å²) >= 11 is 3.46. The number of rotatable bonds is 10. The molecule has 3 nitrogen and oxygen atoms in total. The molecule has 2 aromatic rings. The number of hydrogen-bond donors (Lipinski definition) is 1. The molecule has 0 aromatic heterocycles. The van der Waals surface area contributed by atoms with Gasteiger partial charge in [-0.3, -0.25) is 4.79 Å². The topological polar surface area (TPSA) is 32.3 Å². The number of hydrogen-bond acceptors (Lipinski definition) is 4. The molecule has 1 amide bonds. The van der Waals surface area contributed by atoms with Crippen molar-refractivity contribution in [2.45, 2.75) is 27.5 Å². The molecule has 0 saturated heterocycles. The van der Waals surface area contributed by atoms with Gasteiger partial charge in [0.15, 0.2) is 0 Å². The zero-order valence-electron chi connectivity index (χ0n) is 16.3. The Kier molecular flexibility index (Phi) is 9.53. The lowest BCUT2D eigenvalue weighted by Gasteiger charge is -2.09. The van der Waals surface area contributed by atoms with Gasteiger partial charge in [0.05, 0.1) is 0 Å². The maximum absolute atomic E-state index is 12.0. The molecule has 1 N–H and O–H groups in total. The van der Waals surface area contributed by atoms with E-state index in [1.807, 2.05) is 24.3 Å². The highest BCUT2D eigenvalue weighted by Gasteiger charge is 2.03. The number of nitrogens with one attached hydrogen (secondary N) is 1. The highest BCUT2D eigenvalue weighted by atomic mass is 32.2. The van der Waals surface area contributed by atoms with E-state index in [1.165, 1.54) is 9.79 Å². The summed E-state index contributed by atoms with van der Waals surface area (Å²) in [5.41, 5.74) is 1.05. The third-order valence-electron chi connectivity index (χ3n) is 3.95. The van der Waals surface area contributed by atoms with Crippen molar-refractivity contribution in [3.8, 4) is 0 Å². The standard InChI is InChI=1S/C22H28N2OS2/c1-24(2)17-7-6-16-23-22(25)15-10-18-8-4-5-9-21(18)27-20-13-11-19(26-3)12-14-20/h4-5,8-15H,6-7,16-17H2,1-3H3,(H,23,25)/b15-10+. The van der Waals surface area contributed by atoms with Gasteiger partial charge in [0.2, 0.25) is 5.91 Å². The van der Waals surface area contributed by atoms with Crippen LogP contribution in [0.5, 0.6) is 0 Å². The lowest BCUT2D eigenvalue weighted by Crippen LogP contribution is -2.23. The molecule has 5 heteroatoms. The minimum Gasteiger partial charge on any atom is -0.353 e. The molecule has 2 rings (SSSR count). The van der Waals surface area contributed by atoms with Crippen molar-refractivity contribution in [3.05, 3.63) is 60.2 Å². The first-order valence-electron chi connectivity index (χ1n) is 9.10. The predicted octanol–water partition coefficient (Wildman–Crippen LogP) is 5.03. The van der Waals surface area contributed by atoms with Crippen molar-refractivity contribution >= 4 is 35.5 Å². The van der Waals surface area contributed by atoms with Crippen LogP contribution < -0.4 is 5.32 Å². The van der Waals surface area contributed by atoms with Crippen LogP contribution in [0.2, 0.25) is 0 Å². The zero-order valence-corrected chi connectivity index (χ0v) is 17.9. The quantitative estimate of drug-likeness (QED) is 0.344. The molecule has 2 aromatic carbocycles. The van der Waals surface area contributed by atoms with E-state index < -0.39 is 0 Å². The maximum Gasteiger partial charge on any atom is 0.243 e. The maximum atomic E-state index is 12.0. The molecule has 0 aliphatic carbocycles. The van der Waals surface area contributed by atoms with Crippen molar-refractivity contribution in [2.75, 3.05) is 33.4 Å². The number of carbonyl (C=O) groups is 1. The average molecular weight is 401 g/mol. The van der Waals surface area contributed by atoms with E-state index in [-0.39, 0.29) is 5.91 Å². The Labute approximate surface area is 171 Å². The predicted molar refractivity (Wildman–Crippen MR) is 119 cm³/mol. The number of nitrogens with zero attached hydrogens (tertiary/aromatic N) is 1. The molecule has 0 atom stereocenters. The summed E-state index contributed by atoms with van der Waals surface area (Å²) in [6.45, 7) is 1.77. The summed E-state index contributed by atoms with van der Waals surface area (Å²) in [6, 6.07) is 16.7. The van der Waals surface area contributed by atoms with E-state index in [0.29, 0.717) is 0 Å². The Bertz CT molecular complexity index is 742. The Morgan fingerprint density at radius 2 is 1.74 bits per heavy atom. The number of benzene rings is 2. The first-order chi connectivity index (χ1) is 13.1. The summed E-state index contributed by atoms with van der Waals surface area (Å²) in [7, 11) is 4.13. The van der Waals surface area contributed by atoms with Crippen LogP contribution >= 0.6 is 23.5 Å². The van der Waals surface area contributed by atoms with Crippen LogP contribution in [0.1, 0.15) is 18.4 Å². The summed E-state index contributed by atoms with van der Waals surface area (Å²) in [5, 5.41) is 2.96. The van der Waals surface area contributed by atoms with E-state index in [1.54, 1.807) is 29.6 Å². The molecule has 27 heavy (non-hydrogen) atoms. The van der Waals surface area contributed by atoms with Gasteiger partial charge in [0.25, 0.3) is 0 Å². The first-order valence-corrected chi connectivity index (χ1v) is 11.1. The van der Waals surface area contributed by atoms with Crippen molar-refractivity contribution < 1.29 is 4.79 Å². The first kappa shape index (κ1) is 21.6. The normalized spacial score (nSPS) is 11.3. The second-order valence-electron chi connectivity index (χ2n) is 6.45. The molecule has 0 heterocycles. The van der Waals surface area contributed by atoms with Crippen LogP contribution in [-0.4, -0.2) is 44.2 Å². The smallest absolute Gasteiger partial charge is 0.243 e. The van der Waals surface area contributed by atoms with Gasteiger partial charge in [-0.15, -0.1) is 11.8 Å². The molecular formula is C22H28N2OS2. The van der Waals surface area contributed by atoms with E-state index in [9.17, 15) is 4.79 Å². The monoisotopic (exact) mass is 400 g/mol. The molecule has 0 unspecified atom stereocenters. The highest BCUT2D eigenvalue weighted by Crippen LogP contribution is 2.32. The van der Waals surface area contributed by atoms with Gasteiger partial charge in [0, 0.05) is 27.3 Å². The fourth-order valence-electron chi connectivity index (χ4n) is 2.47. The van der Waals surface area contributed by atoms with E-state index in [4.69, 9.17) is 0 Å². The summed E-state index contributed by atoms with van der Waals surface area (Å²) in [6.07, 6.45) is 7.69. The van der Waals surface area contributed by atoms with Gasteiger partial charge in [-0.2, -0.15) is 0 Å². The van der Waals surface area contributed by atoms with Gasteiger partial charge >= 0.3 is 0 Å². The van der Waals surface area contributed by atoms with Crippen molar-refractivity contribution in [2.24, 2.45) is 0 Å². The summed E-state index contributed by atoms with van der Waals surface area (Å²) in [4.78, 5) is 17.8. The van der Waals surface area contributed by atoms with Crippen LogP contribution in [0, 0.1) is 0 Å². The van der Waals surface area contributed by atoms with Gasteiger partial charge < -0.3 is 10.2 Å². The zero-order chi connectivity index (χ0) is 19.5. The van der Waals surface area contributed by atoms with Crippen molar-refractivity contribution in [1.29, 1.82) is 0 Å². The van der Waals surface area contributed by atoms with Crippen molar-refractivity contribution in [3.63, 3.8) is 0 Å². The Morgan fingerprint density at radius 3 is 2.44 bits per heavy atom. The minimum absolute atomic E-state index is 0.0380. The lowest BCUT2D eigenvalue weighted by atomic mass is 10.2. The Balaban J connectivity index is 1.90. The SMILES string of the molecule is CSc1ccc(Sc2ccccc2/C=C/C(=O)NCCCCN(C)C)cc1. The molecule has 0 fully saturated rings. The van der Waals surface area contributed by atoms with E-state index >= 15 is 0 Å². The second kappa shape index (κ2) is 11.9. The van der Waals surface area contributed by atoms with Gasteiger partial charge in [-0.05, 0) is 81.7 Å². The minimum atomic E-state index is -0.0380. The third-order valence-corrected chi connectivity index (χ3v) is 5.79. The number of amides is 1. The lowest BCUT2D eigenvalue weighted by molar-refractivity contribution is -0.116. The average Bonchev–Trinajstić information content (AvgIpc) is 2.67. The molecule has 0 aliphatic heterocycles. The van der Waals surface area contributed by atoms with Crippen LogP contribution in [0.15, 0.2) is 69.3 Å². The van der Waals surface area contributed by atoms with Gasteiger partial charge in [0.1, 0.15) is 0 Å². The molecular weight excluding hydrogens is 372 g/mol. The molecule has 0 spiro atoms. The van der Waals surface area contributed by atoms with Crippen LogP contribution in [-0.2, 0) is 4.79 Å². The highest BCUT2D eigenvalue weighted by molar-refractivity contribution is 7.99. The number of thioether (sulfide) groups is 1. The number of unbranched alkanes of at least 4 members (excludes halogenated alkanes) is 1. The fraction of sp³-hybridized carbons (Fsp3) is 0.318. The second-order valence-corrected chi connectivity index (χ2v) is 8.45. The molecule has 0 bridgehead atoms. The van der Waals surface area contributed by atoms with Crippen LogP contribution in [0.25, 0.3) is 6.08 Å². The Morgan fingerprint density at radius 1 is 1.04 bits per heavy atom. The Hall–Kier alpha value is -1.69. The molecule has 0 radical (unpaired) electrons. The van der Waals surface area contributed by atoms with Crippen LogP contribution in [0.4, 0.5) is 0 Å². The van der Waals surface area contributed by atoms with E-state index in [0.717, 1.165) is 36.4 Å². The summed E-state index contributed by atoms with van der Waals surface area (Å²) in [5.74, 6) is -0.0380. The van der Waals surface area contributed by atoms with Crippen LogP contribution in [0.3, 0.4) is 0 Å². The number of carbonyl (C=O) groups excluding carboxylic acids is 1.